The van der Waals surface area contributed by atoms with Gasteiger partial charge in [0, 0.05) is 11.1 Å². The van der Waals surface area contributed by atoms with Crippen LogP contribution in [0.15, 0.2) is 60.7 Å². The maximum atomic E-state index is 12.9. The van der Waals surface area contributed by atoms with Gasteiger partial charge in [-0.15, -0.1) is 0 Å². The van der Waals surface area contributed by atoms with Gasteiger partial charge >= 0.3 is 0 Å². The number of para-hydroxylation sites is 1. The number of nitrogens with zero attached hydrogens (tertiary/aromatic N) is 1. The zero-order valence-electron chi connectivity index (χ0n) is 16.8. The minimum absolute atomic E-state index is 0.0299. The lowest BCUT2D eigenvalue weighted by Gasteiger charge is -2.26. The van der Waals surface area contributed by atoms with Crippen LogP contribution in [0, 0.1) is 0 Å². The van der Waals surface area contributed by atoms with Gasteiger partial charge in [0.2, 0.25) is 11.8 Å². The SMILES string of the molecule is CCN(CC(=O)Nc1c(Cl)cccc1Cl)C(C)C(=O)Nc1cccc2ccccc12. The van der Waals surface area contributed by atoms with Crippen molar-refractivity contribution in [2.24, 2.45) is 0 Å². The zero-order valence-corrected chi connectivity index (χ0v) is 18.3. The molecule has 0 spiro atoms. The molecule has 1 unspecified atom stereocenters. The van der Waals surface area contributed by atoms with E-state index >= 15 is 0 Å². The van der Waals surface area contributed by atoms with Crippen LogP contribution in [0.3, 0.4) is 0 Å². The van der Waals surface area contributed by atoms with Gasteiger partial charge < -0.3 is 10.6 Å². The van der Waals surface area contributed by atoms with Crippen LogP contribution in [0.5, 0.6) is 0 Å². The summed E-state index contributed by atoms with van der Waals surface area (Å²) in [7, 11) is 0. The van der Waals surface area contributed by atoms with E-state index in [4.69, 9.17) is 23.2 Å². The Bertz CT molecular complexity index is 1050. The molecule has 0 bridgehead atoms. The van der Waals surface area contributed by atoms with Crippen molar-refractivity contribution in [2.75, 3.05) is 23.7 Å². The number of nitrogens with one attached hydrogen (secondary N) is 2. The first-order chi connectivity index (χ1) is 14.4. The van der Waals surface area contributed by atoms with E-state index < -0.39 is 6.04 Å². The molecule has 2 N–H and O–H groups in total. The summed E-state index contributed by atoms with van der Waals surface area (Å²) in [5.41, 5.74) is 1.11. The third kappa shape index (κ3) is 5.11. The van der Waals surface area contributed by atoms with Crippen molar-refractivity contribution in [3.63, 3.8) is 0 Å². The highest BCUT2D eigenvalue weighted by Gasteiger charge is 2.23. The monoisotopic (exact) mass is 443 g/mol. The second-order valence-corrected chi connectivity index (χ2v) is 7.71. The summed E-state index contributed by atoms with van der Waals surface area (Å²) in [6.07, 6.45) is 0. The van der Waals surface area contributed by atoms with Crippen LogP contribution in [-0.4, -0.2) is 35.8 Å². The molecule has 0 aromatic heterocycles. The summed E-state index contributed by atoms with van der Waals surface area (Å²) in [6, 6.07) is 18.1. The number of rotatable bonds is 7. The summed E-state index contributed by atoms with van der Waals surface area (Å²) in [4.78, 5) is 27.2. The minimum Gasteiger partial charge on any atom is -0.324 e. The van der Waals surface area contributed by atoms with Gasteiger partial charge in [0.15, 0.2) is 0 Å². The third-order valence-corrected chi connectivity index (χ3v) is 5.58. The van der Waals surface area contributed by atoms with Gasteiger partial charge in [0.05, 0.1) is 28.3 Å². The lowest BCUT2D eigenvalue weighted by molar-refractivity contribution is -0.123. The second kappa shape index (κ2) is 9.94. The van der Waals surface area contributed by atoms with Gasteiger partial charge in [0.25, 0.3) is 0 Å². The van der Waals surface area contributed by atoms with Crippen LogP contribution in [-0.2, 0) is 9.59 Å². The van der Waals surface area contributed by atoms with Crippen molar-refractivity contribution in [3.8, 4) is 0 Å². The van der Waals surface area contributed by atoms with Crippen LogP contribution in [0.2, 0.25) is 10.0 Å². The van der Waals surface area contributed by atoms with E-state index in [0.29, 0.717) is 22.3 Å². The molecule has 0 fully saturated rings. The van der Waals surface area contributed by atoms with E-state index in [1.165, 1.54) is 0 Å². The lowest BCUT2D eigenvalue weighted by Crippen LogP contribution is -2.45. The summed E-state index contributed by atoms with van der Waals surface area (Å²) in [5, 5.41) is 8.46. The summed E-state index contributed by atoms with van der Waals surface area (Å²) < 4.78 is 0. The summed E-state index contributed by atoms with van der Waals surface area (Å²) in [5.74, 6) is -0.478. The minimum atomic E-state index is -0.513. The number of carbonyl (C=O) groups is 2. The van der Waals surface area contributed by atoms with Crippen molar-refractivity contribution in [1.82, 2.24) is 4.90 Å². The third-order valence-electron chi connectivity index (χ3n) is 4.95. The van der Waals surface area contributed by atoms with Gasteiger partial charge in [-0.25, -0.2) is 0 Å². The predicted octanol–water partition coefficient (Wildman–Crippen LogP) is 5.43. The fourth-order valence-corrected chi connectivity index (χ4v) is 3.73. The fraction of sp³-hybridized carbons (Fsp3) is 0.217. The average molecular weight is 444 g/mol. The molecule has 0 heterocycles. The van der Waals surface area contributed by atoms with Crippen molar-refractivity contribution in [3.05, 3.63) is 70.7 Å². The van der Waals surface area contributed by atoms with Gasteiger partial charge in [-0.2, -0.15) is 0 Å². The fourth-order valence-electron chi connectivity index (χ4n) is 3.24. The van der Waals surface area contributed by atoms with E-state index in [1.54, 1.807) is 30.0 Å². The lowest BCUT2D eigenvalue weighted by atomic mass is 10.1. The number of hydrogen-bond acceptors (Lipinski definition) is 3. The molecule has 30 heavy (non-hydrogen) atoms. The molecule has 3 rings (SSSR count). The number of amides is 2. The smallest absolute Gasteiger partial charge is 0.241 e. The molecule has 7 heteroatoms. The highest BCUT2D eigenvalue weighted by Crippen LogP contribution is 2.29. The standard InChI is InChI=1S/C23H23Cl2N3O2/c1-3-28(14-21(29)27-22-18(24)11-7-12-19(22)25)15(2)23(30)26-20-13-6-9-16-8-4-5-10-17(16)20/h4-13,15H,3,14H2,1-2H3,(H,26,30)(H,27,29). The van der Waals surface area contributed by atoms with E-state index in [-0.39, 0.29) is 18.4 Å². The molecule has 2 amide bonds. The number of hydrogen-bond donors (Lipinski definition) is 2. The first kappa shape index (κ1) is 22.1. The van der Waals surface area contributed by atoms with E-state index in [2.05, 4.69) is 10.6 Å². The normalized spacial score (nSPS) is 12.0. The molecule has 0 saturated heterocycles. The van der Waals surface area contributed by atoms with Crippen molar-refractivity contribution in [2.45, 2.75) is 19.9 Å². The molecule has 0 saturated carbocycles. The van der Waals surface area contributed by atoms with Crippen molar-refractivity contribution >= 4 is 57.2 Å². The Labute approximate surface area is 186 Å². The number of anilines is 2. The van der Waals surface area contributed by atoms with Gasteiger partial charge in [-0.3, -0.25) is 14.5 Å². The molecule has 1 atom stereocenters. The first-order valence-corrected chi connectivity index (χ1v) is 10.4. The maximum absolute atomic E-state index is 12.9. The number of fused-ring (bicyclic) bond motifs is 1. The first-order valence-electron chi connectivity index (χ1n) is 9.67. The summed E-state index contributed by atoms with van der Waals surface area (Å²) >= 11 is 12.2. The van der Waals surface area contributed by atoms with Crippen LogP contribution < -0.4 is 10.6 Å². The molecule has 5 nitrogen and oxygen atoms in total. The Morgan fingerprint density at radius 2 is 1.57 bits per heavy atom. The Hall–Kier alpha value is -2.60. The molecular formula is C23H23Cl2N3O2. The quantitative estimate of drug-likeness (QED) is 0.511. The second-order valence-electron chi connectivity index (χ2n) is 6.90. The van der Waals surface area contributed by atoms with E-state index in [9.17, 15) is 9.59 Å². The van der Waals surface area contributed by atoms with Crippen molar-refractivity contribution in [1.29, 1.82) is 0 Å². The number of carbonyl (C=O) groups excluding carboxylic acids is 2. The number of halogens is 2. The van der Waals surface area contributed by atoms with Crippen LogP contribution in [0.25, 0.3) is 10.8 Å². The zero-order chi connectivity index (χ0) is 21.7. The molecule has 0 aliphatic rings. The number of benzene rings is 3. The van der Waals surface area contributed by atoms with Gasteiger partial charge in [-0.05, 0) is 37.1 Å². The van der Waals surface area contributed by atoms with E-state index in [0.717, 1.165) is 16.5 Å². The topological polar surface area (TPSA) is 61.4 Å². The van der Waals surface area contributed by atoms with Crippen LogP contribution in [0.1, 0.15) is 13.8 Å². The molecule has 156 valence electrons. The largest absolute Gasteiger partial charge is 0.324 e. The molecule has 0 aliphatic heterocycles. The summed E-state index contributed by atoms with van der Waals surface area (Å²) in [6.45, 7) is 4.23. The Kier molecular flexibility index (Phi) is 7.32. The molecular weight excluding hydrogens is 421 g/mol. The van der Waals surface area contributed by atoms with E-state index in [1.807, 2.05) is 49.4 Å². The Balaban J connectivity index is 1.68. The number of likely N-dealkylation sites (N-methyl/N-ethyl adjacent to an activating group) is 1. The van der Waals surface area contributed by atoms with Gasteiger partial charge in [0.1, 0.15) is 0 Å². The molecule has 0 aliphatic carbocycles. The molecule has 0 radical (unpaired) electrons. The van der Waals surface area contributed by atoms with Crippen LogP contribution in [0.4, 0.5) is 11.4 Å². The van der Waals surface area contributed by atoms with Gasteiger partial charge in [-0.1, -0.05) is 72.6 Å². The Morgan fingerprint density at radius 3 is 2.27 bits per heavy atom. The highest BCUT2D eigenvalue weighted by molar-refractivity contribution is 6.39. The van der Waals surface area contributed by atoms with Crippen LogP contribution >= 0.6 is 23.2 Å². The predicted molar refractivity (Wildman–Crippen MR) is 124 cm³/mol. The average Bonchev–Trinajstić information content (AvgIpc) is 2.74. The van der Waals surface area contributed by atoms with Crippen molar-refractivity contribution < 1.29 is 9.59 Å². The highest BCUT2D eigenvalue weighted by atomic mass is 35.5. The maximum Gasteiger partial charge on any atom is 0.241 e. The molecule has 3 aromatic rings. The molecule has 3 aromatic carbocycles. The Morgan fingerprint density at radius 1 is 0.933 bits per heavy atom.